The highest BCUT2D eigenvalue weighted by Gasteiger charge is 2.41. The Bertz CT molecular complexity index is 233. The van der Waals surface area contributed by atoms with Crippen molar-refractivity contribution >= 4 is 5.91 Å². The Labute approximate surface area is 90.4 Å². The Morgan fingerprint density at radius 1 is 1.33 bits per heavy atom. The summed E-state index contributed by atoms with van der Waals surface area (Å²) < 4.78 is 0. The lowest BCUT2D eigenvalue weighted by atomic mass is 10.2. The summed E-state index contributed by atoms with van der Waals surface area (Å²) in [6.07, 6.45) is 6.69. The molecule has 2 aliphatic rings. The molecule has 2 fully saturated rings. The van der Waals surface area contributed by atoms with E-state index in [0.29, 0.717) is 12.6 Å². The van der Waals surface area contributed by atoms with Crippen LogP contribution in [0.2, 0.25) is 0 Å². The molecule has 1 amide bonds. The van der Waals surface area contributed by atoms with Crippen LogP contribution in [0.1, 0.15) is 38.5 Å². The minimum absolute atomic E-state index is 0.0709. The van der Waals surface area contributed by atoms with Crippen molar-refractivity contribution in [1.82, 2.24) is 10.6 Å². The predicted molar refractivity (Wildman–Crippen MR) is 57.5 cm³/mol. The van der Waals surface area contributed by atoms with Crippen LogP contribution in [-0.4, -0.2) is 35.7 Å². The number of aliphatic hydroxyl groups excluding tert-OH is 1. The summed E-state index contributed by atoms with van der Waals surface area (Å²) in [5, 5.41) is 15.2. The minimum Gasteiger partial charge on any atom is -0.394 e. The van der Waals surface area contributed by atoms with Gasteiger partial charge in [0.25, 0.3) is 0 Å². The van der Waals surface area contributed by atoms with Gasteiger partial charge in [0.05, 0.1) is 13.2 Å². The van der Waals surface area contributed by atoms with E-state index in [1.807, 2.05) is 0 Å². The molecule has 0 aromatic rings. The number of hydrogen-bond acceptors (Lipinski definition) is 3. The van der Waals surface area contributed by atoms with E-state index >= 15 is 0 Å². The molecule has 2 aliphatic carbocycles. The second-order valence-corrected chi connectivity index (χ2v) is 4.84. The van der Waals surface area contributed by atoms with Gasteiger partial charge in [-0.3, -0.25) is 4.79 Å². The van der Waals surface area contributed by atoms with Gasteiger partial charge in [0.2, 0.25) is 5.91 Å². The standard InChI is InChI=1S/C11H20N2O2/c14-8-11(5-6-11)12-7-10(15)13-9-3-1-2-4-9/h9,12,14H,1-8H2,(H,13,15). The number of carbonyl (C=O) groups excluding carboxylic acids is 1. The van der Waals surface area contributed by atoms with Crippen molar-refractivity contribution in [2.45, 2.75) is 50.1 Å². The van der Waals surface area contributed by atoms with E-state index in [-0.39, 0.29) is 18.1 Å². The van der Waals surface area contributed by atoms with Gasteiger partial charge >= 0.3 is 0 Å². The first-order valence-electron chi connectivity index (χ1n) is 5.89. The Kier molecular flexibility index (Phi) is 3.26. The molecule has 0 unspecified atom stereocenters. The van der Waals surface area contributed by atoms with E-state index < -0.39 is 0 Å². The molecule has 3 N–H and O–H groups in total. The molecule has 2 saturated carbocycles. The maximum Gasteiger partial charge on any atom is 0.234 e. The number of hydrogen-bond donors (Lipinski definition) is 3. The van der Waals surface area contributed by atoms with Gasteiger partial charge in [-0.1, -0.05) is 12.8 Å². The topological polar surface area (TPSA) is 61.4 Å². The van der Waals surface area contributed by atoms with Crippen molar-refractivity contribution in [2.24, 2.45) is 0 Å². The molecular formula is C11H20N2O2. The molecule has 0 saturated heterocycles. The van der Waals surface area contributed by atoms with E-state index in [1.165, 1.54) is 12.8 Å². The van der Waals surface area contributed by atoms with Gasteiger partial charge in [0.15, 0.2) is 0 Å². The lowest BCUT2D eigenvalue weighted by Gasteiger charge is -2.16. The molecule has 0 atom stereocenters. The highest BCUT2D eigenvalue weighted by Crippen LogP contribution is 2.34. The van der Waals surface area contributed by atoms with Crippen LogP contribution in [0, 0.1) is 0 Å². The van der Waals surface area contributed by atoms with Crippen LogP contribution in [0.5, 0.6) is 0 Å². The molecule has 0 heterocycles. The Balaban J connectivity index is 1.64. The zero-order valence-electron chi connectivity index (χ0n) is 9.09. The van der Waals surface area contributed by atoms with Crippen molar-refractivity contribution in [3.63, 3.8) is 0 Å². The van der Waals surface area contributed by atoms with Gasteiger partial charge in [-0.25, -0.2) is 0 Å². The first-order valence-corrected chi connectivity index (χ1v) is 5.89. The Morgan fingerprint density at radius 3 is 2.53 bits per heavy atom. The monoisotopic (exact) mass is 212 g/mol. The molecule has 15 heavy (non-hydrogen) atoms. The van der Waals surface area contributed by atoms with Gasteiger partial charge in [-0.05, 0) is 25.7 Å². The zero-order chi connectivity index (χ0) is 10.7. The number of rotatable bonds is 5. The SMILES string of the molecule is O=C(CNC1(CO)CC1)NC1CCCC1. The third-order valence-corrected chi connectivity index (χ3v) is 3.50. The summed E-state index contributed by atoms with van der Waals surface area (Å²) in [5.74, 6) is 0.0709. The molecule has 4 nitrogen and oxygen atoms in total. The van der Waals surface area contributed by atoms with E-state index in [1.54, 1.807) is 0 Å². The van der Waals surface area contributed by atoms with Gasteiger partial charge in [-0.15, -0.1) is 0 Å². The number of carbonyl (C=O) groups is 1. The molecule has 4 heteroatoms. The summed E-state index contributed by atoms with van der Waals surface area (Å²) in [6.45, 7) is 0.487. The first-order chi connectivity index (χ1) is 7.24. The normalized spacial score (nSPS) is 24.1. The molecule has 0 aromatic heterocycles. The average Bonchev–Trinajstić information content (AvgIpc) is 2.86. The fraction of sp³-hybridized carbons (Fsp3) is 0.909. The summed E-state index contributed by atoms with van der Waals surface area (Å²) in [4.78, 5) is 11.5. The smallest absolute Gasteiger partial charge is 0.234 e. The van der Waals surface area contributed by atoms with Crippen LogP contribution in [0.25, 0.3) is 0 Å². The quantitative estimate of drug-likeness (QED) is 0.608. The zero-order valence-corrected chi connectivity index (χ0v) is 9.09. The second kappa shape index (κ2) is 4.49. The summed E-state index contributed by atoms with van der Waals surface area (Å²) in [7, 11) is 0. The highest BCUT2D eigenvalue weighted by molar-refractivity contribution is 5.78. The van der Waals surface area contributed by atoms with E-state index in [4.69, 9.17) is 5.11 Å². The molecule has 0 radical (unpaired) electrons. The van der Waals surface area contributed by atoms with Crippen LogP contribution in [0.3, 0.4) is 0 Å². The van der Waals surface area contributed by atoms with E-state index in [2.05, 4.69) is 10.6 Å². The Morgan fingerprint density at radius 2 is 2.00 bits per heavy atom. The van der Waals surface area contributed by atoms with Gasteiger partial charge in [0.1, 0.15) is 0 Å². The van der Waals surface area contributed by atoms with E-state index in [9.17, 15) is 4.79 Å². The largest absolute Gasteiger partial charge is 0.394 e. The van der Waals surface area contributed by atoms with E-state index in [0.717, 1.165) is 25.7 Å². The van der Waals surface area contributed by atoms with Crippen molar-refractivity contribution in [2.75, 3.05) is 13.2 Å². The van der Waals surface area contributed by atoms with Crippen molar-refractivity contribution in [1.29, 1.82) is 0 Å². The van der Waals surface area contributed by atoms with Crippen LogP contribution >= 0.6 is 0 Å². The lowest BCUT2D eigenvalue weighted by molar-refractivity contribution is -0.121. The van der Waals surface area contributed by atoms with Crippen LogP contribution < -0.4 is 10.6 Å². The lowest BCUT2D eigenvalue weighted by Crippen LogP contribution is -2.44. The van der Waals surface area contributed by atoms with Crippen LogP contribution in [0.15, 0.2) is 0 Å². The first kappa shape index (κ1) is 10.9. The average molecular weight is 212 g/mol. The molecule has 86 valence electrons. The molecule has 0 bridgehead atoms. The fourth-order valence-corrected chi connectivity index (χ4v) is 2.16. The highest BCUT2D eigenvalue weighted by atomic mass is 16.3. The van der Waals surface area contributed by atoms with Gasteiger partial charge < -0.3 is 15.7 Å². The fourth-order valence-electron chi connectivity index (χ4n) is 2.16. The maximum absolute atomic E-state index is 11.5. The summed E-state index contributed by atoms with van der Waals surface area (Å²) in [6, 6.07) is 0.392. The Hall–Kier alpha value is -0.610. The summed E-state index contributed by atoms with van der Waals surface area (Å²) in [5.41, 5.74) is -0.132. The van der Waals surface area contributed by atoms with Crippen LogP contribution in [-0.2, 0) is 4.79 Å². The molecule has 0 aliphatic heterocycles. The number of aliphatic hydroxyl groups is 1. The second-order valence-electron chi connectivity index (χ2n) is 4.84. The van der Waals surface area contributed by atoms with Crippen molar-refractivity contribution < 1.29 is 9.90 Å². The van der Waals surface area contributed by atoms with Crippen LogP contribution in [0.4, 0.5) is 0 Å². The molecule has 0 spiro atoms. The molecular weight excluding hydrogens is 192 g/mol. The number of nitrogens with one attached hydrogen (secondary N) is 2. The van der Waals surface area contributed by atoms with Crippen molar-refractivity contribution in [3.05, 3.63) is 0 Å². The van der Waals surface area contributed by atoms with Crippen molar-refractivity contribution in [3.8, 4) is 0 Å². The number of amides is 1. The predicted octanol–water partition coefficient (Wildman–Crippen LogP) is 0.160. The minimum atomic E-state index is -0.132. The molecule has 0 aromatic carbocycles. The van der Waals surface area contributed by atoms with Gasteiger partial charge in [-0.2, -0.15) is 0 Å². The maximum atomic E-state index is 11.5. The summed E-state index contributed by atoms with van der Waals surface area (Å²) >= 11 is 0. The van der Waals surface area contributed by atoms with Gasteiger partial charge in [0, 0.05) is 11.6 Å². The molecule has 2 rings (SSSR count). The third-order valence-electron chi connectivity index (χ3n) is 3.50. The third kappa shape index (κ3) is 2.92.